The third-order valence-corrected chi connectivity index (χ3v) is 4.00. The molecule has 120 valence electrons. The third-order valence-electron chi connectivity index (χ3n) is 2.93. The minimum atomic E-state index is -0.835. The minimum absolute atomic E-state index is 0.0374. The van der Waals surface area contributed by atoms with E-state index in [2.05, 4.69) is 5.32 Å². The molecule has 0 aliphatic heterocycles. The van der Waals surface area contributed by atoms with E-state index >= 15 is 0 Å². The van der Waals surface area contributed by atoms with Gasteiger partial charge in [0.2, 0.25) is 5.91 Å². The molecule has 0 fully saturated rings. The summed E-state index contributed by atoms with van der Waals surface area (Å²) in [5.74, 6) is -0.774. The number of carbonyl (C=O) groups is 3. The second-order valence-electron chi connectivity index (χ2n) is 4.81. The number of hydrogen-bond acceptors (Lipinski definition) is 5. The summed E-state index contributed by atoms with van der Waals surface area (Å²) in [6.07, 6.45) is 0. The smallest absolute Gasteiger partial charge is 0.333 e. The molecule has 1 rings (SSSR count). The Hall–Kier alpha value is -1.82. The van der Waals surface area contributed by atoms with Gasteiger partial charge in [0, 0.05) is 18.6 Å². The molecule has 0 saturated carbocycles. The quantitative estimate of drug-likeness (QED) is 0.780. The van der Waals surface area contributed by atoms with Crippen LogP contribution in [0.4, 0.5) is 0 Å². The molecule has 0 heterocycles. The predicted molar refractivity (Wildman–Crippen MR) is 86.3 cm³/mol. The first kappa shape index (κ1) is 18.2. The lowest BCUT2D eigenvalue weighted by Crippen LogP contribution is -2.38. The van der Waals surface area contributed by atoms with Crippen molar-refractivity contribution in [3.63, 3.8) is 0 Å². The molecule has 0 bridgehead atoms. The molecular formula is C16H21NO4S. The zero-order valence-electron chi connectivity index (χ0n) is 13.0. The highest BCUT2D eigenvalue weighted by atomic mass is 32.2. The number of thioether (sulfide) groups is 1. The number of carbonyl (C=O) groups excluding carboxylic acids is 3. The van der Waals surface area contributed by atoms with Crippen LogP contribution < -0.4 is 5.32 Å². The van der Waals surface area contributed by atoms with Gasteiger partial charge in [-0.2, -0.15) is 0 Å². The van der Waals surface area contributed by atoms with Crippen molar-refractivity contribution in [1.29, 1.82) is 0 Å². The molecule has 1 aromatic carbocycles. The molecule has 0 radical (unpaired) electrons. The fraction of sp³-hybridized carbons (Fsp3) is 0.438. The Morgan fingerprint density at radius 3 is 2.41 bits per heavy atom. The molecular weight excluding hydrogens is 302 g/mol. The van der Waals surface area contributed by atoms with E-state index in [1.54, 1.807) is 38.1 Å². The fourth-order valence-corrected chi connectivity index (χ4v) is 2.39. The Morgan fingerprint density at radius 2 is 1.86 bits per heavy atom. The number of amides is 1. The van der Waals surface area contributed by atoms with Crippen LogP contribution in [0.2, 0.25) is 0 Å². The molecule has 0 aromatic heterocycles. The van der Waals surface area contributed by atoms with Crippen molar-refractivity contribution in [3.8, 4) is 0 Å². The highest BCUT2D eigenvalue weighted by Gasteiger charge is 2.26. The van der Waals surface area contributed by atoms with Gasteiger partial charge in [-0.1, -0.05) is 49.0 Å². The second kappa shape index (κ2) is 9.25. The molecule has 2 atom stereocenters. The van der Waals surface area contributed by atoms with Gasteiger partial charge in [0.25, 0.3) is 0 Å². The van der Waals surface area contributed by atoms with E-state index in [-0.39, 0.29) is 23.5 Å². The lowest BCUT2D eigenvalue weighted by Gasteiger charge is -2.20. The van der Waals surface area contributed by atoms with Gasteiger partial charge in [-0.25, -0.2) is 4.79 Å². The molecule has 1 amide bonds. The monoisotopic (exact) mass is 323 g/mol. The largest absolute Gasteiger partial charge is 0.464 e. The molecule has 6 heteroatoms. The topological polar surface area (TPSA) is 72.5 Å². The molecule has 1 unspecified atom stereocenters. The van der Waals surface area contributed by atoms with Crippen molar-refractivity contribution in [3.05, 3.63) is 35.9 Å². The summed E-state index contributed by atoms with van der Waals surface area (Å²) in [5.41, 5.74) is 0.667. The van der Waals surface area contributed by atoms with Gasteiger partial charge in [-0.05, 0) is 12.5 Å². The van der Waals surface area contributed by atoms with Crippen LogP contribution in [0.5, 0.6) is 0 Å². The molecule has 0 saturated heterocycles. The zero-order valence-corrected chi connectivity index (χ0v) is 13.8. The average Bonchev–Trinajstić information content (AvgIpc) is 2.50. The molecule has 0 spiro atoms. The van der Waals surface area contributed by atoms with E-state index in [1.165, 1.54) is 6.92 Å². The maximum atomic E-state index is 12.2. The van der Waals surface area contributed by atoms with Crippen LogP contribution in [0, 0.1) is 5.92 Å². The van der Waals surface area contributed by atoms with Gasteiger partial charge in [-0.15, -0.1) is 0 Å². The Labute approximate surface area is 134 Å². The van der Waals surface area contributed by atoms with Gasteiger partial charge in [0.05, 0.1) is 6.61 Å². The van der Waals surface area contributed by atoms with Crippen LogP contribution >= 0.6 is 11.8 Å². The molecule has 1 N–H and O–H groups in total. The van der Waals surface area contributed by atoms with Crippen molar-refractivity contribution in [2.75, 3.05) is 12.4 Å². The Bertz CT molecular complexity index is 518. The lowest BCUT2D eigenvalue weighted by molar-refractivity contribution is -0.148. The van der Waals surface area contributed by atoms with Gasteiger partial charge in [0.15, 0.2) is 11.2 Å². The first-order chi connectivity index (χ1) is 10.5. The summed E-state index contributed by atoms with van der Waals surface area (Å²) < 4.78 is 5.02. The summed E-state index contributed by atoms with van der Waals surface area (Å²) in [6.45, 7) is 5.14. The molecule has 22 heavy (non-hydrogen) atoms. The van der Waals surface area contributed by atoms with Crippen LogP contribution in [0.3, 0.4) is 0 Å². The molecule has 5 nitrogen and oxygen atoms in total. The number of benzene rings is 1. The van der Waals surface area contributed by atoms with Crippen molar-refractivity contribution >= 4 is 28.8 Å². The Balaban J connectivity index is 2.78. The minimum Gasteiger partial charge on any atom is -0.464 e. The van der Waals surface area contributed by atoms with Gasteiger partial charge in [0.1, 0.15) is 0 Å². The van der Waals surface area contributed by atoms with Crippen LogP contribution in [0.15, 0.2) is 30.3 Å². The van der Waals surface area contributed by atoms with Crippen LogP contribution in [-0.2, 0) is 19.1 Å². The van der Waals surface area contributed by atoms with Crippen LogP contribution in [0.25, 0.3) is 0 Å². The van der Waals surface area contributed by atoms with E-state index < -0.39 is 12.0 Å². The average molecular weight is 323 g/mol. The van der Waals surface area contributed by atoms with Crippen LogP contribution in [0.1, 0.15) is 32.4 Å². The molecule has 1 aromatic rings. The number of esters is 1. The SMILES string of the molecule is CCOC(=O)[C@H](NC(=O)C(C)CSC(C)=O)c1ccccc1. The Morgan fingerprint density at radius 1 is 1.23 bits per heavy atom. The van der Waals surface area contributed by atoms with E-state index in [1.807, 2.05) is 6.07 Å². The normalized spacial score (nSPS) is 13.0. The maximum Gasteiger partial charge on any atom is 0.333 e. The van der Waals surface area contributed by atoms with Crippen molar-refractivity contribution in [2.45, 2.75) is 26.8 Å². The highest BCUT2D eigenvalue weighted by Crippen LogP contribution is 2.16. The maximum absolute atomic E-state index is 12.2. The summed E-state index contributed by atoms with van der Waals surface area (Å²) in [4.78, 5) is 35.2. The molecule has 0 aliphatic carbocycles. The fourth-order valence-electron chi connectivity index (χ4n) is 1.75. The molecule has 0 aliphatic rings. The summed E-state index contributed by atoms with van der Waals surface area (Å²) in [5, 5.41) is 2.67. The summed E-state index contributed by atoms with van der Waals surface area (Å²) in [6, 6.07) is 8.11. The van der Waals surface area contributed by atoms with E-state index in [4.69, 9.17) is 4.74 Å². The number of rotatable bonds is 7. The van der Waals surface area contributed by atoms with Crippen molar-refractivity contribution < 1.29 is 19.1 Å². The van der Waals surface area contributed by atoms with Gasteiger partial charge in [-0.3, -0.25) is 9.59 Å². The number of hydrogen-bond donors (Lipinski definition) is 1. The lowest BCUT2D eigenvalue weighted by atomic mass is 10.1. The van der Waals surface area contributed by atoms with E-state index in [0.717, 1.165) is 11.8 Å². The van der Waals surface area contributed by atoms with Crippen molar-refractivity contribution in [2.24, 2.45) is 5.92 Å². The third kappa shape index (κ3) is 5.89. The van der Waals surface area contributed by atoms with Crippen LogP contribution in [-0.4, -0.2) is 29.4 Å². The first-order valence-electron chi connectivity index (χ1n) is 7.11. The Kier molecular flexibility index (Phi) is 7.66. The standard InChI is InChI=1S/C16H21NO4S/c1-4-21-16(20)14(13-8-6-5-7-9-13)17-15(19)11(2)10-22-12(3)18/h5-9,11,14H,4,10H2,1-3H3,(H,17,19)/t11?,14-/m1/s1. The predicted octanol–water partition coefficient (Wildman–Crippen LogP) is 2.32. The zero-order chi connectivity index (χ0) is 16.5. The van der Waals surface area contributed by atoms with E-state index in [9.17, 15) is 14.4 Å². The number of nitrogens with one attached hydrogen (secondary N) is 1. The second-order valence-corrected chi connectivity index (χ2v) is 6.00. The number of ether oxygens (including phenoxy) is 1. The van der Waals surface area contributed by atoms with Crippen molar-refractivity contribution in [1.82, 2.24) is 5.32 Å². The van der Waals surface area contributed by atoms with E-state index in [0.29, 0.717) is 11.3 Å². The first-order valence-corrected chi connectivity index (χ1v) is 8.09. The summed E-state index contributed by atoms with van der Waals surface area (Å²) >= 11 is 1.09. The van der Waals surface area contributed by atoms with Gasteiger partial charge < -0.3 is 10.1 Å². The summed E-state index contributed by atoms with van der Waals surface area (Å²) in [7, 11) is 0. The van der Waals surface area contributed by atoms with Gasteiger partial charge >= 0.3 is 5.97 Å². The highest BCUT2D eigenvalue weighted by molar-refractivity contribution is 8.13.